The van der Waals surface area contributed by atoms with Crippen molar-refractivity contribution in [3.8, 4) is 5.75 Å². The second kappa shape index (κ2) is 8.16. The Morgan fingerprint density at radius 3 is 2.70 bits per heavy atom. The summed E-state index contributed by atoms with van der Waals surface area (Å²) in [6.07, 6.45) is 4.38. The second-order valence-electron chi connectivity index (χ2n) is 7.30. The fourth-order valence-electron chi connectivity index (χ4n) is 3.83. The minimum absolute atomic E-state index is 0.0185. The van der Waals surface area contributed by atoms with Crippen LogP contribution in [0.15, 0.2) is 47.3 Å². The SMILES string of the molecule is COc1ccc2c(c1)c(C=Cc1nc3ccccc3c(=O)n1CCCO)c(C)n2C. The standard InChI is InChI=1S/C24H25N3O3/c1-16-18(20-15-17(30-3)9-11-22(20)26(16)2)10-12-23-25-21-8-5-4-7-19(21)24(29)27(23)13-6-14-28/h4-5,7-12,15,28H,6,13-14H2,1-3H3. The van der Waals surface area contributed by atoms with Crippen molar-refractivity contribution in [2.75, 3.05) is 13.7 Å². The maximum Gasteiger partial charge on any atom is 0.261 e. The first kappa shape index (κ1) is 19.9. The lowest BCUT2D eigenvalue weighted by atomic mass is 10.1. The van der Waals surface area contributed by atoms with Crippen LogP contribution in [0, 0.1) is 6.92 Å². The van der Waals surface area contributed by atoms with Crippen LogP contribution < -0.4 is 10.3 Å². The van der Waals surface area contributed by atoms with Gasteiger partial charge in [-0.15, -0.1) is 0 Å². The van der Waals surface area contributed by atoms with Crippen LogP contribution in [0.3, 0.4) is 0 Å². The summed E-state index contributed by atoms with van der Waals surface area (Å²) in [4.78, 5) is 17.7. The van der Waals surface area contributed by atoms with Crippen LogP contribution in [0.2, 0.25) is 0 Å². The smallest absolute Gasteiger partial charge is 0.261 e. The molecule has 0 fully saturated rings. The van der Waals surface area contributed by atoms with Gasteiger partial charge in [-0.3, -0.25) is 9.36 Å². The zero-order chi connectivity index (χ0) is 21.3. The molecule has 0 aliphatic carbocycles. The molecule has 0 saturated heterocycles. The molecule has 154 valence electrons. The Balaban J connectivity index is 1.88. The van der Waals surface area contributed by atoms with Gasteiger partial charge in [-0.1, -0.05) is 12.1 Å². The van der Waals surface area contributed by atoms with Gasteiger partial charge in [0.25, 0.3) is 5.56 Å². The molecule has 30 heavy (non-hydrogen) atoms. The van der Waals surface area contributed by atoms with Crippen molar-refractivity contribution in [1.29, 1.82) is 0 Å². The fourth-order valence-corrected chi connectivity index (χ4v) is 3.83. The molecule has 0 aliphatic rings. The molecule has 0 atom stereocenters. The molecule has 0 amide bonds. The third-order valence-corrected chi connectivity index (χ3v) is 5.58. The Morgan fingerprint density at radius 1 is 1.13 bits per heavy atom. The summed E-state index contributed by atoms with van der Waals surface area (Å²) in [6, 6.07) is 13.4. The summed E-state index contributed by atoms with van der Waals surface area (Å²) >= 11 is 0. The van der Waals surface area contributed by atoms with E-state index in [4.69, 9.17) is 9.72 Å². The lowest BCUT2D eigenvalue weighted by Crippen LogP contribution is -2.24. The molecular formula is C24H25N3O3. The number of hydrogen-bond acceptors (Lipinski definition) is 4. The van der Waals surface area contributed by atoms with Crippen LogP contribution >= 0.6 is 0 Å². The van der Waals surface area contributed by atoms with Crippen LogP contribution in [0.25, 0.3) is 34.0 Å². The van der Waals surface area contributed by atoms with Gasteiger partial charge in [0.15, 0.2) is 0 Å². The molecule has 4 rings (SSSR count). The predicted octanol–water partition coefficient (Wildman–Crippen LogP) is 3.76. The van der Waals surface area contributed by atoms with E-state index in [0.717, 1.165) is 27.9 Å². The van der Waals surface area contributed by atoms with Crippen molar-refractivity contribution < 1.29 is 9.84 Å². The number of hydrogen-bond donors (Lipinski definition) is 1. The van der Waals surface area contributed by atoms with Crippen molar-refractivity contribution in [1.82, 2.24) is 14.1 Å². The van der Waals surface area contributed by atoms with E-state index in [1.165, 1.54) is 0 Å². The molecular weight excluding hydrogens is 378 g/mol. The molecule has 0 aliphatic heterocycles. The van der Waals surface area contributed by atoms with E-state index in [-0.39, 0.29) is 12.2 Å². The van der Waals surface area contributed by atoms with Crippen molar-refractivity contribution in [2.24, 2.45) is 7.05 Å². The number of fused-ring (bicyclic) bond motifs is 2. The summed E-state index contributed by atoms with van der Waals surface area (Å²) in [5.41, 5.74) is 3.85. The van der Waals surface area contributed by atoms with E-state index in [0.29, 0.717) is 29.7 Å². The Kier molecular flexibility index (Phi) is 5.42. The largest absolute Gasteiger partial charge is 0.497 e. The second-order valence-corrected chi connectivity index (χ2v) is 7.30. The third-order valence-electron chi connectivity index (χ3n) is 5.58. The zero-order valence-corrected chi connectivity index (χ0v) is 17.4. The molecule has 4 aromatic rings. The minimum atomic E-state index is -0.0926. The Bertz CT molecular complexity index is 1320. The lowest BCUT2D eigenvalue weighted by Gasteiger charge is -2.10. The molecule has 6 nitrogen and oxygen atoms in total. The van der Waals surface area contributed by atoms with Gasteiger partial charge in [0.05, 0.1) is 18.0 Å². The summed E-state index contributed by atoms with van der Waals surface area (Å²) in [6.45, 7) is 2.50. The molecule has 6 heteroatoms. The number of aryl methyl sites for hydroxylation is 1. The van der Waals surface area contributed by atoms with Gasteiger partial charge in [0, 0.05) is 42.4 Å². The van der Waals surface area contributed by atoms with Gasteiger partial charge >= 0.3 is 0 Å². The quantitative estimate of drug-likeness (QED) is 0.532. The minimum Gasteiger partial charge on any atom is -0.497 e. The number of rotatable bonds is 6. The van der Waals surface area contributed by atoms with E-state index in [1.54, 1.807) is 17.7 Å². The molecule has 0 saturated carbocycles. The van der Waals surface area contributed by atoms with Crippen molar-refractivity contribution >= 4 is 34.0 Å². The predicted molar refractivity (Wildman–Crippen MR) is 121 cm³/mol. The summed E-state index contributed by atoms with van der Waals surface area (Å²) < 4.78 is 9.18. The van der Waals surface area contributed by atoms with Gasteiger partial charge in [0.1, 0.15) is 11.6 Å². The maximum atomic E-state index is 13.0. The summed E-state index contributed by atoms with van der Waals surface area (Å²) in [7, 11) is 3.69. The number of ether oxygens (including phenoxy) is 1. The Morgan fingerprint density at radius 2 is 1.93 bits per heavy atom. The number of aliphatic hydroxyl groups is 1. The summed E-state index contributed by atoms with van der Waals surface area (Å²) in [5, 5.41) is 10.9. The molecule has 0 bridgehead atoms. The number of benzene rings is 2. The van der Waals surface area contributed by atoms with Gasteiger partial charge in [0.2, 0.25) is 0 Å². The molecule has 0 radical (unpaired) electrons. The normalized spacial score (nSPS) is 11.7. The molecule has 2 heterocycles. The molecule has 0 unspecified atom stereocenters. The number of aliphatic hydroxyl groups excluding tert-OH is 1. The summed E-state index contributed by atoms with van der Waals surface area (Å²) in [5.74, 6) is 1.37. The van der Waals surface area contributed by atoms with Crippen LogP contribution in [0.5, 0.6) is 5.75 Å². The average molecular weight is 403 g/mol. The van der Waals surface area contributed by atoms with Crippen LogP contribution in [-0.2, 0) is 13.6 Å². The Labute approximate surface area is 174 Å². The van der Waals surface area contributed by atoms with E-state index in [9.17, 15) is 9.90 Å². The Hall–Kier alpha value is -3.38. The molecule has 2 aromatic carbocycles. The highest BCUT2D eigenvalue weighted by Crippen LogP contribution is 2.30. The van der Waals surface area contributed by atoms with Crippen molar-refractivity contribution in [3.63, 3.8) is 0 Å². The maximum absolute atomic E-state index is 13.0. The van der Waals surface area contributed by atoms with E-state index in [1.807, 2.05) is 55.6 Å². The third kappa shape index (κ3) is 3.39. The zero-order valence-electron chi connectivity index (χ0n) is 17.4. The first-order valence-electron chi connectivity index (χ1n) is 9.96. The number of para-hydroxylation sites is 1. The van der Waals surface area contributed by atoms with Gasteiger partial charge < -0.3 is 14.4 Å². The first-order chi connectivity index (χ1) is 14.5. The lowest BCUT2D eigenvalue weighted by molar-refractivity contribution is 0.278. The highest BCUT2D eigenvalue weighted by atomic mass is 16.5. The van der Waals surface area contributed by atoms with Crippen LogP contribution in [-0.4, -0.2) is 32.9 Å². The van der Waals surface area contributed by atoms with Crippen LogP contribution in [0.4, 0.5) is 0 Å². The van der Waals surface area contributed by atoms with E-state index in [2.05, 4.69) is 11.5 Å². The number of methoxy groups -OCH3 is 1. The van der Waals surface area contributed by atoms with Gasteiger partial charge in [-0.25, -0.2) is 4.98 Å². The van der Waals surface area contributed by atoms with Crippen molar-refractivity contribution in [3.05, 3.63) is 69.9 Å². The fraction of sp³-hybridized carbons (Fsp3) is 0.250. The molecule has 1 N–H and O–H groups in total. The molecule has 0 spiro atoms. The highest BCUT2D eigenvalue weighted by molar-refractivity contribution is 5.94. The highest BCUT2D eigenvalue weighted by Gasteiger charge is 2.12. The topological polar surface area (TPSA) is 69.3 Å². The monoisotopic (exact) mass is 403 g/mol. The number of aromatic nitrogens is 3. The van der Waals surface area contributed by atoms with Crippen LogP contribution in [0.1, 0.15) is 23.5 Å². The van der Waals surface area contributed by atoms with E-state index >= 15 is 0 Å². The van der Waals surface area contributed by atoms with E-state index < -0.39 is 0 Å². The van der Waals surface area contributed by atoms with Gasteiger partial charge in [-0.05, 0) is 55.8 Å². The van der Waals surface area contributed by atoms with Crippen molar-refractivity contribution in [2.45, 2.75) is 19.9 Å². The first-order valence-corrected chi connectivity index (χ1v) is 9.96. The number of nitrogens with zero attached hydrogens (tertiary/aromatic N) is 3. The van der Waals surface area contributed by atoms with Gasteiger partial charge in [-0.2, -0.15) is 0 Å². The average Bonchev–Trinajstić information content (AvgIpc) is 3.01. The molecule has 2 aromatic heterocycles.